The summed E-state index contributed by atoms with van der Waals surface area (Å²) in [7, 11) is -9.28. The fourth-order valence-corrected chi connectivity index (χ4v) is 10.3. The van der Waals surface area contributed by atoms with Gasteiger partial charge in [0.05, 0.1) is 31.0 Å². The van der Waals surface area contributed by atoms with Gasteiger partial charge >= 0.3 is 0 Å². The zero-order chi connectivity index (χ0) is 39.0. The summed E-state index contributed by atoms with van der Waals surface area (Å²) in [4.78, 5) is 0. The Morgan fingerprint density at radius 2 is 0.646 bits per heavy atom. The fourth-order valence-electron chi connectivity index (χ4n) is 3.98. The Labute approximate surface area is 307 Å². The van der Waals surface area contributed by atoms with E-state index in [4.69, 9.17) is 22.1 Å². The molecule has 290 valence electrons. The molecule has 6 nitrogen and oxygen atoms in total. The van der Waals surface area contributed by atoms with Crippen molar-refractivity contribution in [2.24, 2.45) is 0 Å². The van der Waals surface area contributed by atoms with Gasteiger partial charge in [-0.2, -0.15) is 0 Å². The van der Waals surface area contributed by atoms with Crippen LogP contribution in [0.15, 0.2) is 0 Å². The molecule has 0 aromatic rings. The molecule has 1 N–H and O–H groups in total. The first-order valence-corrected chi connectivity index (χ1v) is 33.2. The Balaban J connectivity index is 8.02. The smallest absolute Gasteiger partial charge is 0.192 e. The predicted molar refractivity (Wildman–Crippen MR) is 225 cm³/mol. The third kappa shape index (κ3) is 13.1. The second-order valence-electron chi connectivity index (χ2n) is 22.1. The van der Waals surface area contributed by atoms with Gasteiger partial charge in [-0.15, -0.1) is 0 Å². The van der Waals surface area contributed by atoms with E-state index in [1.165, 1.54) is 0 Å². The third-order valence-electron chi connectivity index (χ3n) is 12.9. The van der Waals surface area contributed by atoms with Crippen LogP contribution in [0.4, 0.5) is 0 Å². The van der Waals surface area contributed by atoms with Gasteiger partial charge in [-0.25, -0.2) is 0 Å². The average Bonchev–Trinajstić information content (AvgIpc) is 2.80. The minimum Gasteiger partial charge on any atom is -0.414 e. The first kappa shape index (κ1) is 48.8. The molecule has 0 aromatic carbocycles. The van der Waals surface area contributed by atoms with Gasteiger partial charge in [0.1, 0.15) is 0 Å². The summed E-state index contributed by atoms with van der Waals surface area (Å²) in [6.07, 6.45) is -1.26. The van der Waals surface area contributed by atoms with Crippen molar-refractivity contribution < 1.29 is 22.1 Å². The Morgan fingerprint density at radius 1 is 0.396 bits per heavy atom. The van der Waals surface area contributed by atoms with E-state index in [-0.39, 0.29) is 49.6 Å². The maximum Gasteiger partial charge on any atom is 0.192 e. The lowest BCUT2D eigenvalue weighted by Crippen LogP contribution is -2.64. The van der Waals surface area contributed by atoms with Crippen LogP contribution < -0.4 is 5.32 Å². The molecule has 0 saturated heterocycles. The molecule has 0 aliphatic rings. The van der Waals surface area contributed by atoms with E-state index in [0.29, 0.717) is 13.2 Å². The standard InChI is InChI=1S/C37H87NO5Si5/c1-33(2,3)44(17,18)39-28-30(41-46(21,22)35(7,8)9)32(43-48(25,26)37(13,14)15)31(42-47(23,24)36(10,11)12)29(27-38-16)40-45(19,20)34(4,5)6/h29-32,38H,27-28H2,1-26H3/t29-,30+,31+,32+/m1/s1. The van der Waals surface area contributed by atoms with Gasteiger partial charge < -0.3 is 27.4 Å². The zero-order valence-corrected chi connectivity index (χ0v) is 42.3. The lowest BCUT2D eigenvalue weighted by Gasteiger charge is -2.52. The molecule has 0 spiro atoms. The van der Waals surface area contributed by atoms with Gasteiger partial charge in [0, 0.05) is 6.54 Å². The Bertz CT molecular complexity index is 996. The van der Waals surface area contributed by atoms with Crippen molar-refractivity contribution in [2.45, 2.75) is 219 Å². The first-order valence-electron chi connectivity index (χ1n) is 18.7. The monoisotopic (exact) mass is 766 g/mol. The highest BCUT2D eigenvalue weighted by Gasteiger charge is 2.53. The van der Waals surface area contributed by atoms with Crippen LogP contribution in [0.5, 0.6) is 0 Å². The summed E-state index contributed by atoms with van der Waals surface area (Å²) >= 11 is 0. The van der Waals surface area contributed by atoms with Crippen LogP contribution in [0.3, 0.4) is 0 Å². The van der Waals surface area contributed by atoms with Crippen molar-refractivity contribution in [3.05, 3.63) is 0 Å². The highest BCUT2D eigenvalue weighted by Crippen LogP contribution is 2.46. The molecule has 0 bridgehead atoms. The molecule has 48 heavy (non-hydrogen) atoms. The molecular weight excluding hydrogens is 679 g/mol. The molecule has 0 saturated carbocycles. The van der Waals surface area contributed by atoms with Crippen molar-refractivity contribution in [1.29, 1.82) is 0 Å². The highest BCUT2D eigenvalue weighted by molar-refractivity contribution is 6.76. The Hall–Kier alpha value is 0.844. The van der Waals surface area contributed by atoms with Crippen LogP contribution in [0.25, 0.3) is 0 Å². The number of rotatable bonds is 16. The average molecular weight is 767 g/mol. The lowest BCUT2D eigenvalue weighted by atomic mass is 10.0. The molecule has 0 radical (unpaired) electrons. The topological polar surface area (TPSA) is 58.2 Å². The minimum absolute atomic E-state index is 0.00135. The first-order chi connectivity index (χ1) is 20.7. The molecule has 0 amide bonds. The molecule has 0 aliphatic heterocycles. The van der Waals surface area contributed by atoms with Gasteiger partial charge in [-0.3, -0.25) is 0 Å². The van der Waals surface area contributed by atoms with Gasteiger partial charge in [-0.1, -0.05) is 104 Å². The highest BCUT2D eigenvalue weighted by atomic mass is 28.4. The summed E-state index contributed by atoms with van der Waals surface area (Å²) < 4.78 is 37.4. The quantitative estimate of drug-likeness (QED) is 0.158. The zero-order valence-electron chi connectivity index (χ0n) is 37.3. The molecule has 0 aliphatic carbocycles. The predicted octanol–water partition coefficient (Wildman–Crippen LogP) is 11.8. The maximum absolute atomic E-state index is 7.70. The molecule has 0 aromatic heterocycles. The maximum atomic E-state index is 7.70. The van der Waals surface area contributed by atoms with Crippen molar-refractivity contribution in [1.82, 2.24) is 5.32 Å². The van der Waals surface area contributed by atoms with Crippen molar-refractivity contribution >= 4 is 41.6 Å². The number of likely N-dealkylation sites (N-methyl/N-ethyl adjacent to an activating group) is 1. The van der Waals surface area contributed by atoms with E-state index in [9.17, 15) is 0 Å². The van der Waals surface area contributed by atoms with Gasteiger partial charge in [0.2, 0.25) is 0 Å². The van der Waals surface area contributed by atoms with Gasteiger partial charge in [-0.05, 0) is 97.7 Å². The van der Waals surface area contributed by atoms with E-state index >= 15 is 0 Å². The van der Waals surface area contributed by atoms with Crippen LogP contribution >= 0.6 is 0 Å². The second-order valence-corrected chi connectivity index (χ2v) is 46.0. The van der Waals surface area contributed by atoms with Crippen LogP contribution in [-0.4, -0.2) is 86.2 Å². The number of hydrogen-bond acceptors (Lipinski definition) is 6. The lowest BCUT2D eigenvalue weighted by molar-refractivity contribution is -0.0924. The Morgan fingerprint density at radius 3 is 0.917 bits per heavy atom. The summed E-state index contributed by atoms with van der Waals surface area (Å²) in [6.45, 7) is 59.5. The number of nitrogens with one attached hydrogen (secondary N) is 1. The van der Waals surface area contributed by atoms with Crippen LogP contribution in [-0.2, 0) is 22.1 Å². The van der Waals surface area contributed by atoms with Crippen LogP contribution in [0.1, 0.15) is 104 Å². The van der Waals surface area contributed by atoms with Crippen molar-refractivity contribution in [2.75, 3.05) is 20.2 Å². The van der Waals surface area contributed by atoms with E-state index in [1.807, 2.05) is 7.05 Å². The SMILES string of the molecule is CNC[C@@H](O[Si](C)(C)C(C)(C)C)[C@H](O[Si](C)(C)C(C)(C)C)[C@@H](O[Si](C)(C)C(C)(C)C)[C@H](CO[Si](C)(C)C(C)(C)C)O[Si](C)(C)C(C)(C)C. The summed E-state index contributed by atoms with van der Waals surface area (Å²) in [5, 5.41) is 3.64. The summed E-state index contributed by atoms with van der Waals surface area (Å²) in [6, 6.07) is 0. The minimum atomic E-state index is -2.35. The molecule has 0 heterocycles. The summed E-state index contributed by atoms with van der Waals surface area (Å²) in [5.41, 5.74) is 0. The fraction of sp³-hybridized carbons (Fsp3) is 1.00. The molecule has 0 fully saturated rings. The molecule has 11 heteroatoms. The van der Waals surface area contributed by atoms with Crippen molar-refractivity contribution in [3.63, 3.8) is 0 Å². The van der Waals surface area contributed by atoms with Crippen LogP contribution in [0.2, 0.25) is 90.7 Å². The molecule has 0 rings (SSSR count). The molecule has 0 unspecified atom stereocenters. The molecular formula is C37H87NO5Si5. The normalized spacial score (nSPS) is 18.1. The van der Waals surface area contributed by atoms with E-state index in [1.54, 1.807) is 0 Å². The van der Waals surface area contributed by atoms with Gasteiger partial charge in [0.25, 0.3) is 0 Å². The largest absolute Gasteiger partial charge is 0.414 e. The Kier molecular flexibility index (Phi) is 16.3. The second kappa shape index (κ2) is 16.1. The van der Waals surface area contributed by atoms with Crippen molar-refractivity contribution in [3.8, 4) is 0 Å². The molecule has 4 atom stereocenters. The summed E-state index contributed by atoms with van der Waals surface area (Å²) in [5.74, 6) is 0. The van der Waals surface area contributed by atoms with E-state index < -0.39 is 41.6 Å². The van der Waals surface area contributed by atoms with E-state index in [2.05, 4.69) is 175 Å². The van der Waals surface area contributed by atoms with E-state index in [0.717, 1.165) is 0 Å². The van der Waals surface area contributed by atoms with Gasteiger partial charge in [0.15, 0.2) is 41.6 Å². The number of hydrogen-bond donors (Lipinski definition) is 1. The third-order valence-corrected chi connectivity index (χ3v) is 35.3. The van der Waals surface area contributed by atoms with Crippen LogP contribution in [0, 0.1) is 0 Å².